The fourth-order valence-electron chi connectivity index (χ4n) is 5.13. The molecule has 0 saturated carbocycles. The van der Waals surface area contributed by atoms with E-state index in [1.54, 1.807) is 6.08 Å². The summed E-state index contributed by atoms with van der Waals surface area (Å²) in [7, 11) is 0. The number of carboxylic acid groups (broad SMARTS) is 1. The van der Waals surface area contributed by atoms with Gasteiger partial charge in [-0.15, -0.1) is 0 Å². The SMILES string of the molecule is CC(C)CC(/C=C/CC(=O)NC1CC2CCC[C@@H](C1)N2Cc1ccccc1)NC(=O)O. The van der Waals surface area contributed by atoms with Gasteiger partial charge in [-0.25, -0.2) is 4.79 Å². The van der Waals surface area contributed by atoms with Crippen LogP contribution in [0.4, 0.5) is 4.79 Å². The number of carbonyl (C=O) groups is 2. The second-order valence-electron chi connectivity index (χ2n) is 9.45. The molecule has 4 atom stereocenters. The van der Waals surface area contributed by atoms with E-state index in [-0.39, 0.29) is 24.4 Å². The molecule has 2 amide bonds. The third-order valence-electron chi connectivity index (χ3n) is 6.40. The highest BCUT2D eigenvalue weighted by atomic mass is 16.4. The van der Waals surface area contributed by atoms with Crippen molar-refractivity contribution in [3.8, 4) is 0 Å². The van der Waals surface area contributed by atoms with Crippen molar-refractivity contribution in [2.24, 2.45) is 5.92 Å². The van der Waals surface area contributed by atoms with Crippen molar-refractivity contribution in [2.45, 2.75) is 89.5 Å². The van der Waals surface area contributed by atoms with Gasteiger partial charge in [0, 0.05) is 31.1 Å². The molecule has 31 heavy (non-hydrogen) atoms. The Morgan fingerprint density at radius 1 is 1.16 bits per heavy atom. The summed E-state index contributed by atoms with van der Waals surface area (Å²) in [4.78, 5) is 26.1. The maximum Gasteiger partial charge on any atom is 0.405 e. The van der Waals surface area contributed by atoms with Crippen molar-refractivity contribution in [1.29, 1.82) is 0 Å². The Morgan fingerprint density at radius 3 is 2.45 bits per heavy atom. The minimum atomic E-state index is -1.03. The van der Waals surface area contributed by atoms with Gasteiger partial charge in [0.25, 0.3) is 0 Å². The van der Waals surface area contributed by atoms with Crippen LogP contribution in [0, 0.1) is 5.92 Å². The second-order valence-corrected chi connectivity index (χ2v) is 9.45. The predicted molar refractivity (Wildman–Crippen MR) is 123 cm³/mol. The van der Waals surface area contributed by atoms with E-state index in [1.807, 2.05) is 6.08 Å². The number of hydrogen-bond donors (Lipinski definition) is 3. The molecule has 0 aliphatic carbocycles. The van der Waals surface area contributed by atoms with Crippen molar-refractivity contribution in [3.63, 3.8) is 0 Å². The van der Waals surface area contributed by atoms with Gasteiger partial charge in [0.2, 0.25) is 5.91 Å². The van der Waals surface area contributed by atoms with Crippen LogP contribution in [-0.4, -0.2) is 46.2 Å². The van der Waals surface area contributed by atoms with Crippen LogP contribution >= 0.6 is 0 Å². The molecule has 2 saturated heterocycles. The zero-order chi connectivity index (χ0) is 22.2. The normalized spacial score (nSPS) is 24.8. The summed E-state index contributed by atoms with van der Waals surface area (Å²) in [5.74, 6) is 0.394. The lowest BCUT2D eigenvalue weighted by Gasteiger charge is -2.49. The summed E-state index contributed by atoms with van der Waals surface area (Å²) < 4.78 is 0. The smallest absolute Gasteiger partial charge is 0.405 e. The Balaban J connectivity index is 1.49. The molecule has 0 aromatic heterocycles. The number of nitrogens with one attached hydrogen (secondary N) is 2. The molecule has 6 heteroatoms. The molecule has 6 nitrogen and oxygen atoms in total. The van der Waals surface area contributed by atoms with Crippen LogP contribution in [0.5, 0.6) is 0 Å². The Hall–Kier alpha value is -2.34. The van der Waals surface area contributed by atoms with Gasteiger partial charge in [-0.2, -0.15) is 0 Å². The van der Waals surface area contributed by atoms with Gasteiger partial charge in [0.05, 0.1) is 6.04 Å². The lowest BCUT2D eigenvalue weighted by atomic mass is 9.81. The summed E-state index contributed by atoms with van der Waals surface area (Å²) in [6.07, 6.45) is 9.27. The monoisotopic (exact) mass is 427 g/mol. The highest BCUT2D eigenvalue weighted by Crippen LogP contribution is 2.35. The topological polar surface area (TPSA) is 81.7 Å². The van der Waals surface area contributed by atoms with Crippen LogP contribution in [0.15, 0.2) is 42.5 Å². The summed E-state index contributed by atoms with van der Waals surface area (Å²) in [5, 5.41) is 14.7. The van der Waals surface area contributed by atoms with Gasteiger partial charge in [0.15, 0.2) is 0 Å². The van der Waals surface area contributed by atoms with Gasteiger partial charge in [-0.1, -0.05) is 62.8 Å². The van der Waals surface area contributed by atoms with E-state index < -0.39 is 6.09 Å². The number of hydrogen-bond acceptors (Lipinski definition) is 3. The first kappa shape index (κ1) is 23.3. The first-order valence-electron chi connectivity index (χ1n) is 11.7. The zero-order valence-electron chi connectivity index (χ0n) is 18.8. The van der Waals surface area contributed by atoms with Gasteiger partial charge >= 0.3 is 6.09 Å². The Labute approximate surface area is 186 Å². The average Bonchev–Trinajstić information content (AvgIpc) is 2.68. The predicted octanol–water partition coefficient (Wildman–Crippen LogP) is 4.32. The highest BCUT2D eigenvalue weighted by Gasteiger charge is 2.38. The number of carbonyl (C=O) groups excluding carboxylic acids is 1. The minimum absolute atomic E-state index is 0.0226. The molecule has 0 spiro atoms. The maximum atomic E-state index is 12.5. The fraction of sp³-hybridized carbons (Fsp3) is 0.600. The largest absolute Gasteiger partial charge is 0.465 e. The standard InChI is InChI=1S/C25H37N3O3/c1-18(2)14-20(27-25(30)31)10-6-13-24(29)26-21-15-22-11-7-12-23(16-21)28(22)17-19-8-4-3-5-9-19/h3-6,8-10,18,20-23,27H,7,11-17H2,1-2H3,(H,26,29)(H,30,31)/b10-6+/t20?,21?,22-,23?/m0/s1. The molecule has 3 unspecified atom stereocenters. The Morgan fingerprint density at radius 2 is 1.84 bits per heavy atom. The molecule has 2 bridgehead atoms. The van der Waals surface area contributed by atoms with E-state index >= 15 is 0 Å². The number of piperidine rings is 2. The third-order valence-corrected chi connectivity index (χ3v) is 6.40. The van der Waals surface area contributed by atoms with E-state index in [9.17, 15) is 9.59 Å². The number of benzene rings is 1. The molecule has 2 aliphatic heterocycles. The second kappa shape index (κ2) is 11.3. The molecule has 1 aromatic rings. The quantitative estimate of drug-likeness (QED) is 0.513. The third kappa shape index (κ3) is 7.39. The van der Waals surface area contributed by atoms with E-state index in [4.69, 9.17) is 5.11 Å². The number of fused-ring (bicyclic) bond motifs is 2. The van der Waals surface area contributed by atoms with E-state index in [1.165, 1.54) is 24.8 Å². The zero-order valence-corrected chi connectivity index (χ0v) is 18.8. The maximum absolute atomic E-state index is 12.5. The van der Waals surface area contributed by atoms with E-state index in [2.05, 4.69) is 59.7 Å². The van der Waals surface area contributed by atoms with Gasteiger partial charge in [0.1, 0.15) is 0 Å². The van der Waals surface area contributed by atoms with E-state index in [0.29, 0.717) is 24.4 Å². The molecule has 2 heterocycles. The fourth-order valence-corrected chi connectivity index (χ4v) is 5.13. The highest BCUT2D eigenvalue weighted by molar-refractivity contribution is 5.77. The van der Waals surface area contributed by atoms with Crippen LogP contribution in [0.25, 0.3) is 0 Å². The average molecular weight is 428 g/mol. The molecular weight excluding hydrogens is 390 g/mol. The molecule has 3 N–H and O–H groups in total. The number of amides is 2. The van der Waals surface area contributed by atoms with Crippen molar-refractivity contribution in [2.75, 3.05) is 0 Å². The molecule has 2 aliphatic rings. The molecule has 170 valence electrons. The van der Waals surface area contributed by atoms with Crippen molar-refractivity contribution >= 4 is 12.0 Å². The molecule has 2 fully saturated rings. The number of nitrogens with zero attached hydrogens (tertiary/aromatic N) is 1. The van der Waals surface area contributed by atoms with E-state index in [0.717, 1.165) is 19.4 Å². The molecule has 0 radical (unpaired) electrons. The summed E-state index contributed by atoms with van der Waals surface area (Å²) in [5.41, 5.74) is 1.36. The lowest BCUT2D eigenvalue weighted by molar-refractivity contribution is -0.121. The molecule has 3 rings (SSSR count). The first-order chi connectivity index (χ1) is 14.9. The van der Waals surface area contributed by atoms with Gasteiger partial charge in [-0.05, 0) is 43.6 Å². The number of rotatable bonds is 9. The summed E-state index contributed by atoms with van der Waals surface area (Å²) in [6, 6.07) is 11.7. The Kier molecular flexibility index (Phi) is 8.52. The van der Waals surface area contributed by atoms with Gasteiger partial charge < -0.3 is 15.7 Å². The Bertz CT molecular complexity index is 736. The van der Waals surface area contributed by atoms with Crippen LogP contribution in [0.3, 0.4) is 0 Å². The minimum Gasteiger partial charge on any atom is -0.465 e. The first-order valence-corrected chi connectivity index (χ1v) is 11.7. The van der Waals surface area contributed by atoms with Crippen LogP contribution in [0.2, 0.25) is 0 Å². The van der Waals surface area contributed by atoms with Crippen LogP contribution < -0.4 is 10.6 Å². The van der Waals surface area contributed by atoms with Crippen molar-refractivity contribution in [3.05, 3.63) is 48.0 Å². The van der Waals surface area contributed by atoms with Crippen molar-refractivity contribution < 1.29 is 14.7 Å². The van der Waals surface area contributed by atoms with Crippen LogP contribution in [-0.2, 0) is 11.3 Å². The summed E-state index contributed by atoms with van der Waals surface area (Å²) >= 11 is 0. The molecule has 1 aromatic carbocycles. The summed E-state index contributed by atoms with van der Waals surface area (Å²) in [6.45, 7) is 5.10. The van der Waals surface area contributed by atoms with Crippen molar-refractivity contribution in [1.82, 2.24) is 15.5 Å². The lowest BCUT2D eigenvalue weighted by Crippen LogP contribution is -2.56. The molecular formula is C25H37N3O3. The van der Waals surface area contributed by atoms with Crippen LogP contribution in [0.1, 0.15) is 64.4 Å². The van der Waals surface area contributed by atoms with Gasteiger partial charge in [-0.3, -0.25) is 9.69 Å².